The summed E-state index contributed by atoms with van der Waals surface area (Å²) in [6, 6.07) is 5.35. The Hall–Kier alpha value is -1.79. The first-order valence-corrected chi connectivity index (χ1v) is 5.75. The van der Waals surface area contributed by atoms with Crippen molar-refractivity contribution in [3.8, 4) is 11.5 Å². The van der Waals surface area contributed by atoms with Crippen molar-refractivity contribution in [1.29, 1.82) is 0 Å². The van der Waals surface area contributed by atoms with Crippen LogP contribution in [0.1, 0.15) is 0 Å². The molecule has 1 aromatic rings. The van der Waals surface area contributed by atoms with Gasteiger partial charge in [-0.15, -0.1) is 0 Å². The van der Waals surface area contributed by atoms with Gasteiger partial charge in [0.2, 0.25) is 5.91 Å². The van der Waals surface area contributed by atoms with Crippen LogP contribution in [0.15, 0.2) is 18.2 Å². The molecule has 6 nitrogen and oxygen atoms in total. The Morgan fingerprint density at radius 1 is 1.28 bits per heavy atom. The molecule has 0 radical (unpaired) electrons. The van der Waals surface area contributed by atoms with E-state index in [1.807, 2.05) is 14.1 Å². The van der Waals surface area contributed by atoms with Crippen LogP contribution in [0, 0.1) is 0 Å². The number of hydrogen-bond acceptors (Lipinski definition) is 5. The second kappa shape index (κ2) is 5.70. The monoisotopic (exact) mass is 251 g/mol. The van der Waals surface area contributed by atoms with E-state index in [1.165, 1.54) is 0 Å². The Balaban J connectivity index is 1.95. The average Bonchev–Trinajstić information content (AvgIpc) is 2.36. The highest BCUT2D eigenvalue weighted by atomic mass is 16.6. The molecular weight excluding hydrogens is 234 g/mol. The fourth-order valence-electron chi connectivity index (χ4n) is 1.56. The standard InChI is InChI=1S/C12H17N3O3/c1-15(2)13-8-12(16)14-9-3-4-10-11(7-9)18-6-5-17-10/h3-4,7,13H,5-6,8H2,1-2H3,(H,14,16). The Kier molecular flexibility index (Phi) is 4.01. The van der Waals surface area contributed by atoms with E-state index in [1.54, 1.807) is 23.2 Å². The Labute approximate surface area is 106 Å². The number of benzene rings is 1. The van der Waals surface area contributed by atoms with Gasteiger partial charge in [-0.3, -0.25) is 9.80 Å². The summed E-state index contributed by atoms with van der Waals surface area (Å²) < 4.78 is 10.8. The molecule has 1 amide bonds. The number of amides is 1. The van der Waals surface area contributed by atoms with Crippen molar-refractivity contribution < 1.29 is 14.3 Å². The number of anilines is 1. The van der Waals surface area contributed by atoms with E-state index in [9.17, 15) is 4.79 Å². The second-order valence-corrected chi connectivity index (χ2v) is 4.14. The highest BCUT2D eigenvalue weighted by Gasteiger charge is 2.12. The summed E-state index contributed by atoms with van der Waals surface area (Å²) in [5.41, 5.74) is 3.59. The van der Waals surface area contributed by atoms with Gasteiger partial charge in [0.15, 0.2) is 11.5 Å². The molecule has 0 aliphatic carbocycles. The van der Waals surface area contributed by atoms with E-state index in [0.29, 0.717) is 30.4 Å². The second-order valence-electron chi connectivity index (χ2n) is 4.14. The maximum atomic E-state index is 11.6. The summed E-state index contributed by atoms with van der Waals surface area (Å²) in [4.78, 5) is 11.6. The van der Waals surface area contributed by atoms with Gasteiger partial charge in [0.1, 0.15) is 13.2 Å². The molecule has 0 saturated heterocycles. The third kappa shape index (κ3) is 3.35. The molecule has 0 fully saturated rings. The lowest BCUT2D eigenvalue weighted by Gasteiger charge is -2.19. The zero-order valence-corrected chi connectivity index (χ0v) is 10.5. The van der Waals surface area contributed by atoms with Gasteiger partial charge in [-0.1, -0.05) is 0 Å². The van der Waals surface area contributed by atoms with Gasteiger partial charge in [0, 0.05) is 25.8 Å². The maximum Gasteiger partial charge on any atom is 0.239 e. The average molecular weight is 251 g/mol. The summed E-state index contributed by atoms with van der Waals surface area (Å²) in [6.45, 7) is 1.32. The lowest BCUT2D eigenvalue weighted by molar-refractivity contribution is -0.116. The quantitative estimate of drug-likeness (QED) is 0.761. The number of hydrogen-bond donors (Lipinski definition) is 2. The molecule has 0 atom stereocenters. The summed E-state index contributed by atoms with van der Waals surface area (Å²) in [7, 11) is 3.66. The molecule has 2 rings (SSSR count). The lowest BCUT2D eigenvalue weighted by Crippen LogP contribution is -2.37. The van der Waals surface area contributed by atoms with Crippen molar-refractivity contribution >= 4 is 11.6 Å². The lowest BCUT2D eigenvalue weighted by atomic mass is 10.2. The number of ether oxygens (including phenoxy) is 2. The third-order valence-corrected chi connectivity index (χ3v) is 2.38. The molecule has 1 heterocycles. The van der Waals surface area contributed by atoms with E-state index in [2.05, 4.69) is 10.7 Å². The van der Waals surface area contributed by atoms with Crippen LogP contribution in [0.5, 0.6) is 11.5 Å². The van der Waals surface area contributed by atoms with Crippen LogP contribution in [0.4, 0.5) is 5.69 Å². The van der Waals surface area contributed by atoms with Gasteiger partial charge in [-0.05, 0) is 12.1 Å². The molecule has 0 bridgehead atoms. The van der Waals surface area contributed by atoms with Crippen molar-refractivity contribution in [2.24, 2.45) is 0 Å². The van der Waals surface area contributed by atoms with Crippen LogP contribution in [0.3, 0.4) is 0 Å². The van der Waals surface area contributed by atoms with Gasteiger partial charge in [0.05, 0.1) is 6.54 Å². The number of nitrogens with one attached hydrogen (secondary N) is 2. The van der Waals surface area contributed by atoms with E-state index in [0.717, 1.165) is 0 Å². The molecule has 1 aliphatic rings. The number of hydrazine groups is 1. The topological polar surface area (TPSA) is 62.8 Å². The van der Waals surface area contributed by atoms with E-state index < -0.39 is 0 Å². The number of rotatable bonds is 4. The van der Waals surface area contributed by atoms with Crippen molar-refractivity contribution in [2.75, 3.05) is 39.2 Å². The molecule has 98 valence electrons. The van der Waals surface area contributed by atoms with Crippen molar-refractivity contribution in [2.45, 2.75) is 0 Å². The molecule has 2 N–H and O–H groups in total. The van der Waals surface area contributed by atoms with Gasteiger partial charge >= 0.3 is 0 Å². The van der Waals surface area contributed by atoms with Crippen molar-refractivity contribution in [3.63, 3.8) is 0 Å². The summed E-state index contributed by atoms with van der Waals surface area (Å²) >= 11 is 0. The van der Waals surface area contributed by atoms with Crippen LogP contribution < -0.4 is 20.2 Å². The SMILES string of the molecule is CN(C)NCC(=O)Nc1ccc2c(c1)OCCO2. The molecule has 0 saturated carbocycles. The number of fused-ring (bicyclic) bond motifs is 1. The van der Waals surface area contributed by atoms with Gasteiger partial charge in [-0.25, -0.2) is 5.43 Å². The first-order chi connectivity index (χ1) is 8.65. The van der Waals surface area contributed by atoms with Crippen LogP contribution in [-0.2, 0) is 4.79 Å². The Morgan fingerprint density at radius 2 is 2.00 bits per heavy atom. The van der Waals surface area contributed by atoms with E-state index >= 15 is 0 Å². The summed E-state index contributed by atoms with van der Waals surface area (Å²) in [5, 5.41) is 4.51. The largest absolute Gasteiger partial charge is 0.486 e. The zero-order valence-electron chi connectivity index (χ0n) is 10.5. The van der Waals surface area contributed by atoms with Gasteiger partial charge in [-0.2, -0.15) is 0 Å². The van der Waals surface area contributed by atoms with Crippen LogP contribution in [0.2, 0.25) is 0 Å². The van der Waals surface area contributed by atoms with Gasteiger partial charge in [0.25, 0.3) is 0 Å². The first-order valence-electron chi connectivity index (χ1n) is 5.75. The van der Waals surface area contributed by atoms with E-state index in [-0.39, 0.29) is 12.5 Å². The summed E-state index contributed by atoms with van der Waals surface area (Å²) in [6.07, 6.45) is 0. The number of nitrogens with zero attached hydrogens (tertiary/aromatic N) is 1. The molecule has 1 aliphatic heterocycles. The number of carbonyl (C=O) groups is 1. The highest BCUT2D eigenvalue weighted by Crippen LogP contribution is 2.32. The molecule has 0 spiro atoms. The molecule has 6 heteroatoms. The fraction of sp³-hybridized carbons (Fsp3) is 0.417. The Morgan fingerprint density at radius 3 is 2.72 bits per heavy atom. The minimum Gasteiger partial charge on any atom is -0.486 e. The molecule has 0 unspecified atom stereocenters. The van der Waals surface area contributed by atoms with Crippen LogP contribution >= 0.6 is 0 Å². The van der Waals surface area contributed by atoms with Crippen molar-refractivity contribution in [1.82, 2.24) is 10.4 Å². The van der Waals surface area contributed by atoms with E-state index in [4.69, 9.17) is 9.47 Å². The maximum absolute atomic E-state index is 11.6. The third-order valence-electron chi connectivity index (χ3n) is 2.38. The minimum absolute atomic E-state index is 0.111. The minimum atomic E-state index is -0.111. The smallest absolute Gasteiger partial charge is 0.239 e. The highest BCUT2D eigenvalue weighted by molar-refractivity contribution is 5.92. The molecule has 0 aromatic heterocycles. The zero-order chi connectivity index (χ0) is 13.0. The molecule has 1 aromatic carbocycles. The predicted octanol–water partition coefficient (Wildman–Crippen LogP) is 0.462. The molecular formula is C12H17N3O3. The normalized spacial score (nSPS) is 13.5. The van der Waals surface area contributed by atoms with Crippen LogP contribution in [-0.4, -0.2) is 44.8 Å². The first kappa shape index (κ1) is 12.7. The Bertz CT molecular complexity index is 435. The van der Waals surface area contributed by atoms with Crippen LogP contribution in [0.25, 0.3) is 0 Å². The fourth-order valence-corrected chi connectivity index (χ4v) is 1.56. The summed E-state index contributed by atoms with van der Waals surface area (Å²) in [5.74, 6) is 1.27. The predicted molar refractivity (Wildman–Crippen MR) is 67.8 cm³/mol. The molecule has 18 heavy (non-hydrogen) atoms. The number of carbonyl (C=O) groups excluding carboxylic acids is 1. The van der Waals surface area contributed by atoms with Crippen molar-refractivity contribution in [3.05, 3.63) is 18.2 Å². The van der Waals surface area contributed by atoms with Gasteiger partial charge < -0.3 is 14.8 Å².